The van der Waals surface area contributed by atoms with Crippen molar-refractivity contribution in [2.45, 2.75) is 131 Å². The third-order valence-electron chi connectivity index (χ3n) is 14.8. The molecule has 0 aromatic heterocycles. The van der Waals surface area contributed by atoms with Crippen LogP contribution in [0.3, 0.4) is 0 Å². The lowest BCUT2D eigenvalue weighted by Gasteiger charge is -2.38. The summed E-state index contributed by atoms with van der Waals surface area (Å²) in [7, 11) is 1.47. The molecule has 1 spiro atoms. The number of nitrogens with one attached hydrogen (secondary N) is 1. The number of allylic oxidation sites excluding steroid dienone is 2. The first-order chi connectivity index (χ1) is 37.1. The molecule has 3 aromatic rings. The number of amides is 1. The summed E-state index contributed by atoms with van der Waals surface area (Å²) in [6.45, 7) is 21.4. The molecule has 9 atom stereocenters. The van der Waals surface area contributed by atoms with Gasteiger partial charge in [-0.15, -0.1) is 5.10 Å². The van der Waals surface area contributed by atoms with Gasteiger partial charge in [0, 0.05) is 93.6 Å². The van der Waals surface area contributed by atoms with E-state index in [1.165, 1.54) is 57.3 Å². The highest BCUT2D eigenvalue weighted by molar-refractivity contribution is 8.13. The van der Waals surface area contributed by atoms with E-state index in [2.05, 4.69) is 34.3 Å². The number of hydrogen-bond donors (Lipinski definition) is 6. The predicted molar refractivity (Wildman–Crippen MR) is 296 cm³/mol. The number of likely N-dealkylation sites (tertiary alicyclic amines) is 1. The first-order valence-corrected chi connectivity index (χ1v) is 27.3. The standard InChI is InChI=1S/C46H62N4O11.C11H12F3N3S/c1-22(2)21-50-18-16-46(17-19-50)48-34-31-32-39(54)28(8)42-33(31)43(56)45(10,61-42)59-20-15-30(58-11)25(5)41(60-29(9)51)27(7)38(53)26(6)37(52)23(3)13-12-14-24(4)44(57)47-36(40(32)55)35(34)49-46;1-2-18-10(15)17-16-7-8-3-5-9(6-4-8)11(12,13)14/h12-15,20,22-23,25-27,30,37-38,41,52-55H,16-19,21H2,1-11H3,(H,47,57);3-7H,2H2,1H3,(H2,15,17)/b13-12+,20-15+,24-14-;16-7+/t23-,25+,26+,27+,30-,37-,38+,41+,45-;/m0./s1. The van der Waals surface area contributed by atoms with Crippen molar-refractivity contribution in [2.24, 2.45) is 55.5 Å². The first kappa shape index (κ1) is 61.9. The Morgan fingerprint density at radius 2 is 1.63 bits per heavy atom. The number of hydrogen-bond acceptors (Lipinski definition) is 17. The summed E-state index contributed by atoms with van der Waals surface area (Å²) in [5, 5.41) is 57.9. The minimum atomic E-state index is -4.32. The molecule has 0 unspecified atom stereocenters. The molecule has 18 nitrogen and oxygen atoms in total. The van der Waals surface area contributed by atoms with Crippen LogP contribution < -0.4 is 26.5 Å². The monoisotopic (exact) mass is 1120 g/mol. The quantitative estimate of drug-likeness (QED) is 0.0433. The maximum atomic E-state index is 14.7. The molecule has 0 aliphatic carbocycles. The van der Waals surface area contributed by atoms with E-state index in [1.807, 2.05) is 6.92 Å². The van der Waals surface area contributed by atoms with Crippen molar-refractivity contribution in [3.05, 3.63) is 93.4 Å². The van der Waals surface area contributed by atoms with Gasteiger partial charge < -0.3 is 55.3 Å². The molecule has 1 amide bonds. The Hall–Kier alpha value is -6.33. The van der Waals surface area contributed by atoms with Crippen LogP contribution in [0.25, 0.3) is 10.8 Å². The van der Waals surface area contributed by atoms with E-state index in [-0.39, 0.29) is 55.4 Å². The lowest BCUT2D eigenvalue weighted by molar-refractivity contribution is -0.160. The van der Waals surface area contributed by atoms with E-state index < -0.39 is 94.7 Å². The van der Waals surface area contributed by atoms with Crippen LogP contribution in [0, 0.1) is 36.5 Å². The third-order valence-corrected chi connectivity index (χ3v) is 15.4. The van der Waals surface area contributed by atoms with E-state index in [0.717, 1.165) is 24.4 Å². The summed E-state index contributed by atoms with van der Waals surface area (Å²) in [6, 6.07) is 4.64. The number of thioether (sulfide) groups is 1. The number of aliphatic hydroxyl groups is 2. The molecule has 4 aliphatic heterocycles. The van der Waals surface area contributed by atoms with E-state index in [4.69, 9.17) is 34.7 Å². The number of phenolic OH excluding ortho intramolecular Hbond substituents is 2. The van der Waals surface area contributed by atoms with E-state index in [9.17, 15) is 48.0 Å². The van der Waals surface area contributed by atoms with Gasteiger partial charge in [0.25, 0.3) is 11.7 Å². The number of carbonyl (C=O) groups excluding carboxylic acids is 3. The molecule has 4 bridgehead atoms. The van der Waals surface area contributed by atoms with Gasteiger partial charge in [-0.25, -0.2) is 0 Å². The minimum Gasteiger partial charge on any atom is -0.507 e. The van der Waals surface area contributed by atoms with Gasteiger partial charge in [0.1, 0.15) is 28.6 Å². The summed E-state index contributed by atoms with van der Waals surface area (Å²) in [5.74, 6) is -5.66. The molecule has 4 aliphatic rings. The molecule has 3 aromatic carbocycles. The Bertz CT molecular complexity index is 3050. The topological polar surface area (TPSA) is 260 Å². The van der Waals surface area contributed by atoms with Gasteiger partial charge in [0.15, 0.2) is 16.6 Å². The number of carbonyl (C=O) groups is 3. The number of phenols is 2. The average molecular weight is 1120 g/mol. The summed E-state index contributed by atoms with van der Waals surface area (Å²) >= 11 is 1.34. The Kier molecular flexibility index (Phi) is 19.9. The SMILES string of the molecule is CCS/C(N)=N\N=C\c1ccc(C(F)(F)F)cc1.CO[C@H]1/C=C/O[C@@]2(C)Oc3c(C)c(O)c4c(O)c(c5c(c4c3C2=O)=NC2(CCN(CC(C)C)CC2)N=5)NC(=O)/C(C)=C\C=C\[C@H](C)[C@H](O)[C@@H](C)[C@@H](O)[C@@H](C)[C@H](OC(C)=O)[C@@H]1C. The fourth-order valence-corrected chi connectivity index (χ4v) is 10.7. The van der Waals surface area contributed by atoms with Gasteiger partial charge in [0.05, 0.1) is 52.7 Å². The van der Waals surface area contributed by atoms with Crippen LogP contribution in [0.4, 0.5) is 18.9 Å². The number of alkyl halides is 3. The molecular formula is C57H74F3N7O11S. The van der Waals surface area contributed by atoms with Crippen LogP contribution in [0.5, 0.6) is 17.2 Å². The molecule has 22 heteroatoms. The molecule has 0 saturated carbocycles. The molecule has 430 valence electrons. The number of fused-ring (bicyclic) bond motifs is 1. The van der Waals surface area contributed by atoms with Crippen LogP contribution in [-0.4, -0.2) is 123 Å². The second kappa shape index (κ2) is 25.4. The molecule has 0 radical (unpaired) electrons. The van der Waals surface area contributed by atoms with Gasteiger partial charge in [-0.3, -0.25) is 24.4 Å². The second-order valence-electron chi connectivity index (χ2n) is 21.2. The lowest BCUT2D eigenvalue weighted by atomic mass is 9.78. The van der Waals surface area contributed by atoms with Crippen molar-refractivity contribution in [3.8, 4) is 17.2 Å². The number of halogens is 3. The van der Waals surface area contributed by atoms with Gasteiger partial charge >= 0.3 is 17.9 Å². The highest BCUT2D eigenvalue weighted by atomic mass is 32.2. The maximum Gasteiger partial charge on any atom is 0.416 e. The molecule has 4 heterocycles. The fourth-order valence-electron chi connectivity index (χ4n) is 10.3. The zero-order chi connectivity index (χ0) is 58.5. The van der Waals surface area contributed by atoms with Crippen molar-refractivity contribution >= 4 is 57.3 Å². The van der Waals surface area contributed by atoms with E-state index in [1.54, 1.807) is 65.8 Å². The number of benzene rings is 3. The van der Waals surface area contributed by atoms with Crippen molar-refractivity contribution < 1.29 is 66.9 Å². The van der Waals surface area contributed by atoms with E-state index >= 15 is 0 Å². The fraction of sp³-hybridized carbons (Fsp3) is 0.526. The van der Waals surface area contributed by atoms with Gasteiger partial charge in [-0.1, -0.05) is 90.6 Å². The van der Waals surface area contributed by atoms with Crippen molar-refractivity contribution in [1.82, 2.24) is 4.90 Å². The Labute approximate surface area is 462 Å². The number of anilines is 1. The van der Waals surface area contributed by atoms with Crippen molar-refractivity contribution in [3.63, 3.8) is 0 Å². The Balaban J connectivity index is 0.000000475. The zero-order valence-corrected chi connectivity index (χ0v) is 47.5. The highest BCUT2D eigenvalue weighted by Gasteiger charge is 2.50. The molecular weight excluding hydrogens is 1050 g/mol. The van der Waals surface area contributed by atoms with Crippen LogP contribution in [0.15, 0.2) is 80.6 Å². The number of amidine groups is 1. The Morgan fingerprint density at radius 1 is 0.987 bits per heavy atom. The number of esters is 1. The maximum absolute atomic E-state index is 14.7. The van der Waals surface area contributed by atoms with Crippen LogP contribution >= 0.6 is 11.8 Å². The number of aliphatic hydroxyl groups excluding tert-OH is 2. The van der Waals surface area contributed by atoms with Crippen molar-refractivity contribution in [1.29, 1.82) is 0 Å². The molecule has 1 saturated heterocycles. The van der Waals surface area contributed by atoms with Crippen LogP contribution in [0.2, 0.25) is 0 Å². The minimum absolute atomic E-state index is 0.0364. The normalized spacial score (nSPS) is 28.2. The molecule has 7 N–H and O–H groups in total. The highest BCUT2D eigenvalue weighted by Crippen LogP contribution is 2.50. The summed E-state index contributed by atoms with van der Waals surface area (Å²) in [5.41, 5.74) is 4.75. The summed E-state index contributed by atoms with van der Waals surface area (Å²) in [6.07, 6.45) is 2.06. The predicted octanol–water partition coefficient (Wildman–Crippen LogP) is 7.86. The number of ketones is 1. The summed E-state index contributed by atoms with van der Waals surface area (Å²) in [4.78, 5) is 53.7. The van der Waals surface area contributed by atoms with Gasteiger partial charge in [-0.05, 0) is 49.3 Å². The number of methoxy groups -OCH3 is 1. The summed E-state index contributed by atoms with van der Waals surface area (Å²) < 4.78 is 60.8. The molecule has 7 rings (SSSR count). The second-order valence-corrected chi connectivity index (χ2v) is 22.5. The third kappa shape index (κ3) is 13.8. The zero-order valence-electron chi connectivity index (χ0n) is 46.7. The number of rotatable bonds is 7. The van der Waals surface area contributed by atoms with Crippen LogP contribution in [-0.2, 0) is 30.0 Å². The average Bonchev–Trinajstić information content (AvgIpc) is 3.47. The van der Waals surface area contributed by atoms with Crippen molar-refractivity contribution in [2.75, 3.05) is 37.8 Å². The van der Waals surface area contributed by atoms with E-state index in [0.29, 0.717) is 42.6 Å². The number of nitrogens with two attached hydrogens (primary N) is 1. The number of aromatic hydroxyl groups is 2. The number of piperidine rings is 1. The molecule has 79 heavy (non-hydrogen) atoms. The van der Waals surface area contributed by atoms with Crippen LogP contribution in [0.1, 0.15) is 109 Å². The smallest absolute Gasteiger partial charge is 0.416 e. The Morgan fingerprint density at radius 3 is 2.23 bits per heavy atom. The first-order valence-electron chi connectivity index (χ1n) is 26.3. The largest absolute Gasteiger partial charge is 0.507 e. The number of Topliss-reactive ketones (excluding diaryl/α,β-unsaturated/α-hetero) is 1. The molecule has 1 fully saturated rings. The lowest BCUT2D eigenvalue weighted by Crippen LogP contribution is -2.46. The number of ether oxygens (including phenoxy) is 4. The number of nitrogens with zero attached hydrogens (tertiary/aromatic N) is 5. The van der Waals surface area contributed by atoms with Gasteiger partial charge in [0.2, 0.25) is 0 Å². The van der Waals surface area contributed by atoms with Gasteiger partial charge in [-0.2, -0.15) is 18.3 Å².